The van der Waals surface area contributed by atoms with Gasteiger partial charge >= 0.3 is 26.2 Å². The molecule has 0 saturated carbocycles. The molecule has 9 nitrogen and oxygen atoms in total. The van der Waals surface area contributed by atoms with E-state index in [2.05, 4.69) is 15.0 Å². The maximum atomic E-state index is 10.8. The molecule has 6 rings (SSSR count). The van der Waals surface area contributed by atoms with Crippen LogP contribution in [-0.2, 0) is 0 Å². The van der Waals surface area contributed by atoms with Crippen LogP contribution in [0.2, 0.25) is 0 Å². The van der Waals surface area contributed by atoms with E-state index in [1.165, 1.54) is 36.4 Å². The van der Waals surface area contributed by atoms with Gasteiger partial charge in [-0.15, -0.1) is 0 Å². The molecule has 6 aromatic rings. The third kappa shape index (κ3) is 6.62. The second-order valence-electron chi connectivity index (χ2n) is 7.50. The van der Waals surface area contributed by atoms with Crippen LogP contribution in [0.25, 0.3) is 32.7 Å². The summed E-state index contributed by atoms with van der Waals surface area (Å²) in [5.41, 5.74) is 1.10. The molecule has 0 spiro atoms. The van der Waals surface area contributed by atoms with Crippen LogP contribution in [0, 0.1) is 0 Å². The Hall–Kier alpha value is -4.43. The van der Waals surface area contributed by atoms with E-state index in [1.807, 2.05) is 0 Å². The molecule has 2 radical (unpaired) electrons. The standard InChI is InChI=1S/3C9H7NO2.Bi/c3*11-7-3-1-2-6-4-5-8(12)10-9(6)7;/h3*1-5,11H,(H,10,12);/q;;;+3/p-3. The van der Waals surface area contributed by atoms with Crippen LogP contribution in [0.4, 0.5) is 0 Å². The molecule has 0 aliphatic carbocycles. The first kappa shape index (κ1) is 27.2. The van der Waals surface area contributed by atoms with Gasteiger partial charge < -0.3 is 30.6 Å². The number of hydrogen-bond acceptors (Lipinski definition) is 9. The average Bonchev–Trinajstić information content (AvgIpc) is 2.87. The molecule has 10 heteroatoms. The van der Waals surface area contributed by atoms with Crippen molar-refractivity contribution in [2.45, 2.75) is 0 Å². The summed E-state index contributed by atoms with van der Waals surface area (Å²) in [7, 11) is 0. The summed E-state index contributed by atoms with van der Waals surface area (Å²) < 4.78 is 0. The monoisotopic (exact) mass is 689 g/mol. The molecule has 0 bridgehead atoms. The van der Waals surface area contributed by atoms with Gasteiger partial charge in [0.15, 0.2) is 0 Å². The molecule has 37 heavy (non-hydrogen) atoms. The minimum atomic E-state index is -0.330. The summed E-state index contributed by atoms with van der Waals surface area (Å²) in [4.78, 5) is 11.0. The molecule has 182 valence electrons. The van der Waals surface area contributed by atoms with Crippen molar-refractivity contribution in [3.63, 3.8) is 0 Å². The Bertz CT molecular complexity index is 1480. The fraction of sp³-hybridized carbons (Fsp3) is 0. The minimum absolute atomic E-state index is 0. The molecule has 0 atom stereocenters. The molecule has 3 N–H and O–H groups in total. The third-order valence-corrected chi connectivity index (χ3v) is 5.02. The molecule has 0 amide bonds. The summed E-state index contributed by atoms with van der Waals surface area (Å²) in [6, 6.07) is 24.1. The third-order valence-electron chi connectivity index (χ3n) is 5.02. The van der Waals surface area contributed by atoms with Gasteiger partial charge in [0.2, 0.25) is 0 Å². The summed E-state index contributed by atoms with van der Waals surface area (Å²) in [5, 5.41) is 62.6. The Morgan fingerprint density at radius 2 is 0.676 bits per heavy atom. The van der Waals surface area contributed by atoms with Crippen molar-refractivity contribution >= 4 is 58.9 Å². The zero-order valence-corrected chi connectivity index (χ0v) is 22.5. The van der Waals surface area contributed by atoms with Gasteiger partial charge in [-0.1, -0.05) is 72.8 Å². The average molecular weight is 689 g/mol. The topological polar surface area (TPSA) is 169 Å². The number of hydrogen-bond donors (Lipinski definition) is 3. The Morgan fingerprint density at radius 1 is 0.405 bits per heavy atom. The minimum Gasteiger partial charge on any atom is -0.859 e. The summed E-state index contributed by atoms with van der Waals surface area (Å²) in [6.07, 6.45) is 0. The van der Waals surface area contributed by atoms with Gasteiger partial charge in [0.05, 0.1) is 0 Å². The first-order chi connectivity index (χ1) is 17.3. The van der Waals surface area contributed by atoms with E-state index in [-0.39, 0.29) is 61.1 Å². The number of aromatic hydroxyl groups is 3. The molecule has 0 fully saturated rings. The van der Waals surface area contributed by atoms with Gasteiger partial charge in [0.1, 0.15) is 33.8 Å². The second-order valence-corrected chi connectivity index (χ2v) is 7.50. The molecular formula is C27H18BiN3O6. The molecule has 0 aliphatic heterocycles. The summed E-state index contributed by atoms with van der Waals surface area (Å²) >= 11 is 0. The number of fused-ring (bicyclic) bond motifs is 3. The van der Waals surface area contributed by atoms with Crippen molar-refractivity contribution in [2.75, 3.05) is 0 Å². The van der Waals surface area contributed by atoms with Crippen molar-refractivity contribution in [1.82, 2.24) is 15.0 Å². The number of benzene rings is 3. The molecular weight excluding hydrogens is 671 g/mol. The van der Waals surface area contributed by atoms with Crippen LogP contribution in [0.15, 0.2) is 91.0 Å². The van der Waals surface area contributed by atoms with Gasteiger partial charge in [-0.2, -0.15) is 0 Å². The number of para-hydroxylation sites is 3. The van der Waals surface area contributed by atoms with Crippen LogP contribution in [0.5, 0.6) is 34.9 Å². The number of aromatic nitrogens is 3. The Labute approximate surface area is 229 Å². The van der Waals surface area contributed by atoms with Crippen LogP contribution in [0.3, 0.4) is 0 Å². The zero-order chi connectivity index (χ0) is 25.7. The van der Waals surface area contributed by atoms with E-state index < -0.39 is 0 Å². The number of nitrogens with zero attached hydrogens (tertiary/aromatic N) is 3. The molecule has 3 aromatic heterocycles. The SMILES string of the molecule is [Bi+3].[O-]c1ccc2cccc(O)c2n1.[O-]c1ccc2cccc(O)c2n1.[O-]c1ccc2cccc(O)c2n1. The predicted octanol–water partition coefficient (Wildman–Crippen LogP) is 2.66. The van der Waals surface area contributed by atoms with Crippen LogP contribution < -0.4 is 15.3 Å². The van der Waals surface area contributed by atoms with E-state index in [0.717, 1.165) is 16.2 Å². The van der Waals surface area contributed by atoms with Crippen LogP contribution in [-0.4, -0.2) is 56.5 Å². The van der Waals surface area contributed by atoms with Crippen molar-refractivity contribution in [3.05, 3.63) is 91.0 Å². The zero-order valence-electron chi connectivity index (χ0n) is 19.0. The van der Waals surface area contributed by atoms with E-state index in [1.54, 1.807) is 54.6 Å². The fourth-order valence-electron chi connectivity index (χ4n) is 3.34. The van der Waals surface area contributed by atoms with Gasteiger partial charge in [0.25, 0.3) is 0 Å². The van der Waals surface area contributed by atoms with Crippen molar-refractivity contribution in [2.24, 2.45) is 0 Å². The Kier molecular flexibility index (Phi) is 8.82. The Morgan fingerprint density at radius 3 is 0.946 bits per heavy atom. The van der Waals surface area contributed by atoms with Crippen LogP contribution >= 0.6 is 0 Å². The van der Waals surface area contributed by atoms with Gasteiger partial charge in [-0.3, -0.25) is 15.0 Å². The normalized spacial score (nSPS) is 10.1. The first-order valence-electron chi connectivity index (χ1n) is 10.6. The summed E-state index contributed by atoms with van der Waals surface area (Å²) in [6.45, 7) is 0. The number of rotatable bonds is 0. The van der Waals surface area contributed by atoms with E-state index in [9.17, 15) is 30.6 Å². The summed E-state index contributed by atoms with van der Waals surface area (Å²) in [5.74, 6) is -0.849. The Balaban J connectivity index is 0.000000152. The quantitative estimate of drug-likeness (QED) is 0.203. The van der Waals surface area contributed by atoms with Crippen molar-refractivity contribution in [3.8, 4) is 34.9 Å². The smallest absolute Gasteiger partial charge is 0.859 e. The number of phenolic OH excluding ortho intramolecular Hbond substituents is 3. The van der Waals surface area contributed by atoms with Crippen LogP contribution in [0.1, 0.15) is 0 Å². The maximum absolute atomic E-state index is 10.8. The predicted molar refractivity (Wildman–Crippen MR) is 134 cm³/mol. The van der Waals surface area contributed by atoms with Gasteiger partial charge in [-0.25, -0.2) is 0 Å². The molecule has 3 aromatic carbocycles. The molecule has 0 aliphatic rings. The molecule has 0 unspecified atom stereocenters. The largest absolute Gasteiger partial charge is 3.00 e. The molecule has 0 saturated heterocycles. The molecule has 3 heterocycles. The van der Waals surface area contributed by atoms with E-state index >= 15 is 0 Å². The first-order valence-corrected chi connectivity index (χ1v) is 10.6. The number of phenols is 3. The number of pyridine rings is 3. The maximum Gasteiger partial charge on any atom is 3.00 e. The second kappa shape index (κ2) is 12.0. The fourth-order valence-corrected chi connectivity index (χ4v) is 3.34. The van der Waals surface area contributed by atoms with Crippen molar-refractivity contribution < 1.29 is 30.6 Å². The van der Waals surface area contributed by atoms with E-state index in [4.69, 9.17) is 0 Å². The van der Waals surface area contributed by atoms with Gasteiger partial charge in [0, 0.05) is 16.2 Å². The van der Waals surface area contributed by atoms with E-state index in [0.29, 0.717) is 16.6 Å². The van der Waals surface area contributed by atoms with Gasteiger partial charge in [-0.05, 0) is 35.8 Å². The van der Waals surface area contributed by atoms with Crippen molar-refractivity contribution in [1.29, 1.82) is 0 Å².